The van der Waals surface area contributed by atoms with Crippen molar-refractivity contribution in [3.05, 3.63) is 47.7 Å². The number of hydrogen-bond acceptors (Lipinski definition) is 4. The molecule has 0 atom stereocenters. The van der Waals surface area contributed by atoms with E-state index in [1.165, 1.54) is 0 Å². The number of nitrogens with one attached hydrogen (secondary N) is 2. The second-order valence-electron chi connectivity index (χ2n) is 4.67. The maximum Gasteiger partial charge on any atom is 0.262 e. The SMILES string of the molecule is Cc1cccnc1NC(=O)c1ccc2c(c1)OCC(=O)N2. The molecule has 106 valence electrons. The molecule has 6 heteroatoms. The summed E-state index contributed by atoms with van der Waals surface area (Å²) < 4.78 is 5.29. The van der Waals surface area contributed by atoms with Crippen LogP contribution in [0.3, 0.4) is 0 Å². The second kappa shape index (κ2) is 5.24. The maximum atomic E-state index is 12.2. The molecule has 2 amide bonds. The minimum Gasteiger partial charge on any atom is -0.482 e. The number of fused-ring (bicyclic) bond motifs is 1. The summed E-state index contributed by atoms with van der Waals surface area (Å²) in [7, 11) is 0. The average molecular weight is 283 g/mol. The van der Waals surface area contributed by atoms with Gasteiger partial charge in [-0.2, -0.15) is 0 Å². The summed E-state index contributed by atoms with van der Waals surface area (Å²) >= 11 is 0. The third-order valence-electron chi connectivity index (χ3n) is 3.12. The summed E-state index contributed by atoms with van der Waals surface area (Å²) in [5.74, 6) is 0.526. The molecule has 2 aromatic rings. The normalized spacial score (nSPS) is 12.9. The Balaban J connectivity index is 1.83. The highest BCUT2D eigenvalue weighted by atomic mass is 16.5. The van der Waals surface area contributed by atoms with E-state index in [4.69, 9.17) is 4.74 Å². The predicted octanol–water partition coefficient (Wildman–Crippen LogP) is 1.97. The zero-order valence-electron chi connectivity index (χ0n) is 11.3. The molecule has 1 aliphatic rings. The van der Waals surface area contributed by atoms with Crippen molar-refractivity contribution in [1.82, 2.24) is 4.98 Å². The van der Waals surface area contributed by atoms with Crippen molar-refractivity contribution in [2.75, 3.05) is 17.2 Å². The first kappa shape index (κ1) is 13.1. The van der Waals surface area contributed by atoms with E-state index in [0.717, 1.165) is 5.56 Å². The molecule has 0 bridgehead atoms. The molecule has 2 N–H and O–H groups in total. The van der Waals surface area contributed by atoms with Gasteiger partial charge < -0.3 is 15.4 Å². The molecule has 1 aromatic heterocycles. The van der Waals surface area contributed by atoms with E-state index in [1.807, 2.05) is 13.0 Å². The van der Waals surface area contributed by atoms with Crippen LogP contribution in [0.25, 0.3) is 0 Å². The molecule has 0 saturated carbocycles. The summed E-state index contributed by atoms with van der Waals surface area (Å²) in [6.07, 6.45) is 1.62. The summed E-state index contributed by atoms with van der Waals surface area (Å²) in [6.45, 7) is 1.82. The minimum atomic E-state index is -0.278. The van der Waals surface area contributed by atoms with Crippen molar-refractivity contribution in [2.24, 2.45) is 0 Å². The van der Waals surface area contributed by atoms with Crippen molar-refractivity contribution >= 4 is 23.3 Å². The zero-order chi connectivity index (χ0) is 14.8. The number of aromatic nitrogens is 1. The van der Waals surface area contributed by atoms with Gasteiger partial charge in [-0.3, -0.25) is 9.59 Å². The van der Waals surface area contributed by atoms with E-state index < -0.39 is 0 Å². The number of hydrogen-bond donors (Lipinski definition) is 2. The largest absolute Gasteiger partial charge is 0.482 e. The molecular weight excluding hydrogens is 270 g/mol. The lowest BCUT2D eigenvalue weighted by atomic mass is 10.1. The highest BCUT2D eigenvalue weighted by molar-refractivity contribution is 6.05. The lowest BCUT2D eigenvalue weighted by molar-refractivity contribution is -0.118. The first-order valence-electron chi connectivity index (χ1n) is 6.43. The molecule has 0 unspecified atom stereocenters. The molecule has 6 nitrogen and oxygen atoms in total. The van der Waals surface area contributed by atoms with E-state index in [1.54, 1.807) is 30.5 Å². The Morgan fingerprint density at radius 2 is 2.24 bits per heavy atom. The summed E-state index contributed by atoms with van der Waals surface area (Å²) in [6, 6.07) is 8.55. The van der Waals surface area contributed by atoms with Gasteiger partial charge in [0.25, 0.3) is 11.8 Å². The number of rotatable bonds is 2. The molecule has 0 radical (unpaired) electrons. The predicted molar refractivity (Wildman–Crippen MR) is 77.5 cm³/mol. The van der Waals surface area contributed by atoms with E-state index in [-0.39, 0.29) is 18.4 Å². The molecule has 0 fully saturated rings. The second-order valence-corrected chi connectivity index (χ2v) is 4.67. The Morgan fingerprint density at radius 3 is 3.05 bits per heavy atom. The number of anilines is 2. The van der Waals surface area contributed by atoms with Crippen LogP contribution in [0, 0.1) is 6.92 Å². The summed E-state index contributed by atoms with van der Waals surface area (Å²) in [5, 5.41) is 5.43. The van der Waals surface area contributed by atoms with Crippen molar-refractivity contribution in [3.8, 4) is 5.75 Å². The topological polar surface area (TPSA) is 80.3 Å². The van der Waals surface area contributed by atoms with Crippen molar-refractivity contribution in [2.45, 2.75) is 6.92 Å². The molecule has 0 saturated heterocycles. The fourth-order valence-corrected chi connectivity index (χ4v) is 2.01. The molecule has 2 heterocycles. The van der Waals surface area contributed by atoms with Gasteiger partial charge in [0, 0.05) is 11.8 Å². The monoisotopic (exact) mass is 283 g/mol. The Bertz CT molecular complexity index is 728. The van der Waals surface area contributed by atoms with Crippen LogP contribution in [0.4, 0.5) is 11.5 Å². The van der Waals surface area contributed by atoms with Crippen molar-refractivity contribution in [1.29, 1.82) is 0 Å². The Labute approximate surface area is 121 Å². The van der Waals surface area contributed by atoms with Crippen LogP contribution in [-0.2, 0) is 4.79 Å². The fraction of sp³-hybridized carbons (Fsp3) is 0.133. The van der Waals surface area contributed by atoms with Crippen LogP contribution in [0.2, 0.25) is 0 Å². The standard InChI is InChI=1S/C15H13N3O3/c1-9-3-2-6-16-14(9)18-15(20)10-4-5-11-12(7-10)21-8-13(19)17-11/h2-7H,8H2,1H3,(H,17,19)(H,16,18,20). The Hall–Kier alpha value is -2.89. The lowest BCUT2D eigenvalue weighted by Gasteiger charge is -2.18. The molecular formula is C15H13N3O3. The fourth-order valence-electron chi connectivity index (χ4n) is 2.01. The first-order chi connectivity index (χ1) is 10.1. The molecule has 1 aliphatic heterocycles. The molecule has 1 aromatic carbocycles. The van der Waals surface area contributed by atoms with Crippen molar-refractivity contribution < 1.29 is 14.3 Å². The number of nitrogens with zero attached hydrogens (tertiary/aromatic N) is 1. The third-order valence-corrected chi connectivity index (χ3v) is 3.12. The number of amides is 2. The van der Waals surface area contributed by atoms with Gasteiger partial charge in [0.2, 0.25) is 0 Å². The lowest BCUT2D eigenvalue weighted by Crippen LogP contribution is -2.25. The van der Waals surface area contributed by atoms with Gasteiger partial charge in [-0.1, -0.05) is 6.07 Å². The zero-order valence-corrected chi connectivity index (χ0v) is 11.3. The summed E-state index contributed by atoms with van der Waals surface area (Å²) in [4.78, 5) is 27.5. The molecule has 0 aliphatic carbocycles. The molecule has 21 heavy (non-hydrogen) atoms. The maximum absolute atomic E-state index is 12.2. The van der Waals surface area contributed by atoms with Crippen LogP contribution in [0.5, 0.6) is 5.75 Å². The average Bonchev–Trinajstić information content (AvgIpc) is 2.49. The third kappa shape index (κ3) is 2.69. The van der Waals surface area contributed by atoms with E-state index >= 15 is 0 Å². The number of carbonyl (C=O) groups excluding carboxylic acids is 2. The summed E-state index contributed by atoms with van der Waals surface area (Å²) in [5.41, 5.74) is 1.89. The van der Waals surface area contributed by atoms with Gasteiger partial charge in [-0.05, 0) is 36.8 Å². The number of aryl methyl sites for hydroxylation is 1. The van der Waals surface area contributed by atoms with Gasteiger partial charge in [-0.25, -0.2) is 4.98 Å². The van der Waals surface area contributed by atoms with E-state index in [9.17, 15) is 9.59 Å². The van der Waals surface area contributed by atoms with Gasteiger partial charge in [-0.15, -0.1) is 0 Å². The molecule has 0 spiro atoms. The quantitative estimate of drug-likeness (QED) is 0.883. The van der Waals surface area contributed by atoms with Crippen LogP contribution >= 0.6 is 0 Å². The van der Waals surface area contributed by atoms with Gasteiger partial charge >= 0.3 is 0 Å². The number of pyridine rings is 1. The van der Waals surface area contributed by atoms with Gasteiger partial charge in [0.15, 0.2) is 6.61 Å². The van der Waals surface area contributed by atoms with Crippen LogP contribution < -0.4 is 15.4 Å². The minimum absolute atomic E-state index is 0.0442. The first-order valence-corrected chi connectivity index (χ1v) is 6.43. The van der Waals surface area contributed by atoms with E-state index in [0.29, 0.717) is 22.8 Å². The van der Waals surface area contributed by atoms with E-state index in [2.05, 4.69) is 15.6 Å². The highest BCUT2D eigenvalue weighted by Gasteiger charge is 2.18. The smallest absolute Gasteiger partial charge is 0.262 e. The highest BCUT2D eigenvalue weighted by Crippen LogP contribution is 2.28. The molecule has 3 rings (SSSR count). The van der Waals surface area contributed by atoms with Gasteiger partial charge in [0.05, 0.1) is 5.69 Å². The number of carbonyl (C=O) groups is 2. The van der Waals surface area contributed by atoms with Crippen LogP contribution in [0.15, 0.2) is 36.5 Å². The number of ether oxygens (including phenoxy) is 1. The van der Waals surface area contributed by atoms with Gasteiger partial charge in [0.1, 0.15) is 11.6 Å². The van der Waals surface area contributed by atoms with Crippen LogP contribution in [0.1, 0.15) is 15.9 Å². The van der Waals surface area contributed by atoms with Crippen LogP contribution in [-0.4, -0.2) is 23.4 Å². The number of benzene rings is 1. The Morgan fingerprint density at radius 1 is 1.38 bits per heavy atom. The van der Waals surface area contributed by atoms with Crippen molar-refractivity contribution in [3.63, 3.8) is 0 Å². The Kier molecular flexibility index (Phi) is 3.27.